The second-order valence-corrected chi connectivity index (χ2v) is 7.18. The first kappa shape index (κ1) is 21.3. The van der Waals surface area contributed by atoms with Crippen LogP contribution in [0, 0.1) is 17.2 Å². The van der Waals surface area contributed by atoms with Gasteiger partial charge in [-0.2, -0.15) is 31.5 Å². The molecule has 0 spiro atoms. The zero-order chi connectivity index (χ0) is 19.0. The lowest BCUT2D eigenvalue weighted by Gasteiger charge is -2.26. The van der Waals surface area contributed by atoms with Gasteiger partial charge in [-0.15, -0.1) is 0 Å². The van der Waals surface area contributed by atoms with Gasteiger partial charge in [0.25, 0.3) is 10.2 Å². The average molecular weight is 375 g/mol. The third-order valence-corrected chi connectivity index (χ3v) is 5.27. The van der Waals surface area contributed by atoms with Crippen molar-refractivity contribution in [2.45, 2.75) is 39.8 Å². The van der Waals surface area contributed by atoms with Crippen LogP contribution in [0.5, 0.6) is 5.75 Å². The van der Waals surface area contributed by atoms with Crippen molar-refractivity contribution in [1.82, 2.24) is 9.03 Å². The van der Waals surface area contributed by atoms with E-state index in [2.05, 4.69) is 9.46 Å². The summed E-state index contributed by atoms with van der Waals surface area (Å²) in [6, 6.07) is 7.34. The zero-order valence-electron chi connectivity index (χ0n) is 14.4. The summed E-state index contributed by atoms with van der Waals surface area (Å²) in [6.45, 7) is 2.26. The van der Waals surface area contributed by atoms with Crippen LogP contribution in [-0.2, 0) is 10.2 Å². The molecule has 0 saturated carbocycles. The van der Waals surface area contributed by atoms with Crippen LogP contribution in [-0.4, -0.2) is 32.4 Å². The topological polar surface area (TPSA) is 82.4 Å². The molecule has 0 aliphatic carbocycles. The van der Waals surface area contributed by atoms with Gasteiger partial charge in [-0.1, -0.05) is 32.0 Å². The number of hydrogen-bond donors (Lipinski definition) is 1. The van der Waals surface area contributed by atoms with Crippen molar-refractivity contribution in [3.05, 3.63) is 29.8 Å². The minimum absolute atomic E-state index is 0.0496. The number of para-hydroxylation sites is 1. The largest absolute Gasteiger partial charge is 0.434 e. The fourth-order valence-electron chi connectivity index (χ4n) is 2.34. The maximum Gasteiger partial charge on any atom is 0.387 e. The fourth-order valence-corrected chi connectivity index (χ4v) is 3.90. The number of ether oxygens (including phenoxy) is 1. The summed E-state index contributed by atoms with van der Waals surface area (Å²) in [4.78, 5) is 0. The van der Waals surface area contributed by atoms with Crippen molar-refractivity contribution in [2.24, 2.45) is 5.92 Å². The van der Waals surface area contributed by atoms with Crippen molar-refractivity contribution in [3.63, 3.8) is 0 Å². The number of nitrogens with zero attached hydrogens (tertiary/aromatic N) is 2. The van der Waals surface area contributed by atoms with Crippen LogP contribution < -0.4 is 9.46 Å². The number of nitrogens with one attached hydrogen (secondary N) is 1. The molecule has 0 amide bonds. The normalized spacial score (nSPS) is 14.3. The maximum absolute atomic E-state index is 12.6. The molecule has 0 unspecified atom stereocenters. The van der Waals surface area contributed by atoms with Crippen molar-refractivity contribution in [2.75, 3.05) is 13.1 Å². The highest BCUT2D eigenvalue weighted by Crippen LogP contribution is 2.29. The molecule has 1 aromatic rings. The molecule has 0 heterocycles. The highest BCUT2D eigenvalue weighted by Gasteiger charge is 2.27. The van der Waals surface area contributed by atoms with Crippen molar-refractivity contribution >= 4 is 10.2 Å². The van der Waals surface area contributed by atoms with E-state index < -0.39 is 28.8 Å². The molecular weight excluding hydrogens is 352 g/mol. The molecule has 0 aliphatic heterocycles. The van der Waals surface area contributed by atoms with E-state index in [-0.39, 0.29) is 18.8 Å². The van der Waals surface area contributed by atoms with Gasteiger partial charge in [0.1, 0.15) is 5.75 Å². The van der Waals surface area contributed by atoms with Crippen LogP contribution in [0.15, 0.2) is 24.3 Å². The Morgan fingerprint density at radius 3 is 2.48 bits per heavy atom. The van der Waals surface area contributed by atoms with Crippen LogP contribution in [0.1, 0.15) is 38.8 Å². The smallest absolute Gasteiger partial charge is 0.387 e. The lowest BCUT2D eigenvalue weighted by molar-refractivity contribution is -0.0506. The second kappa shape index (κ2) is 9.65. The Kier molecular flexibility index (Phi) is 8.22. The van der Waals surface area contributed by atoms with Crippen LogP contribution in [0.25, 0.3) is 0 Å². The quantitative estimate of drug-likeness (QED) is 0.681. The molecule has 0 fully saturated rings. The Morgan fingerprint density at radius 1 is 1.32 bits per heavy atom. The predicted octanol–water partition coefficient (Wildman–Crippen LogP) is 3.06. The van der Waals surface area contributed by atoms with Gasteiger partial charge in [-0.25, -0.2) is 0 Å². The molecule has 2 atom stereocenters. The highest BCUT2D eigenvalue weighted by molar-refractivity contribution is 7.87. The van der Waals surface area contributed by atoms with E-state index in [1.54, 1.807) is 32.9 Å². The van der Waals surface area contributed by atoms with Gasteiger partial charge < -0.3 is 4.74 Å². The van der Waals surface area contributed by atoms with Crippen LogP contribution in [0.2, 0.25) is 0 Å². The van der Waals surface area contributed by atoms with Crippen LogP contribution in [0.3, 0.4) is 0 Å². The molecule has 140 valence electrons. The summed E-state index contributed by atoms with van der Waals surface area (Å²) >= 11 is 0. The molecule has 9 heteroatoms. The molecule has 6 nitrogen and oxygen atoms in total. The Hall–Kier alpha value is -1.76. The first-order chi connectivity index (χ1) is 11.7. The fraction of sp³-hybridized carbons (Fsp3) is 0.562. The third kappa shape index (κ3) is 6.23. The molecule has 0 aromatic heterocycles. The first-order valence-corrected chi connectivity index (χ1v) is 9.39. The average Bonchev–Trinajstić information content (AvgIpc) is 2.57. The summed E-state index contributed by atoms with van der Waals surface area (Å²) in [6.07, 6.45) is 0.341. The molecule has 1 rings (SSSR count). The Labute approximate surface area is 147 Å². The zero-order valence-corrected chi connectivity index (χ0v) is 15.3. The summed E-state index contributed by atoms with van der Waals surface area (Å²) in [5, 5.41) is 8.89. The Morgan fingerprint density at radius 2 is 1.96 bits per heavy atom. The summed E-state index contributed by atoms with van der Waals surface area (Å²) in [5.74, 6) is -0.536. The third-order valence-electron chi connectivity index (χ3n) is 3.60. The number of alkyl halides is 2. The van der Waals surface area contributed by atoms with Gasteiger partial charge in [0.05, 0.1) is 18.0 Å². The van der Waals surface area contributed by atoms with E-state index in [4.69, 9.17) is 5.26 Å². The van der Waals surface area contributed by atoms with Crippen molar-refractivity contribution in [1.29, 1.82) is 5.26 Å². The highest BCUT2D eigenvalue weighted by atomic mass is 32.2. The minimum Gasteiger partial charge on any atom is -0.434 e. The van der Waals surface area contributed by atoms with E-state index in [0.29, 0.717) is 12.0 Å². The van der Waals surface area contributed by atoms with E-state index in [1.807, 2.05) is 6.07 Å². The minimum atomic E-state index is -3.89. The van der Waals surface area contributed by atoms with Crippen molar-refractivity contribution < 1.29 is 21.9 Å². The maximum atomic E-state index is 12.6. The summed E-state index contributed by atoms with van der Waals surface area (Å²) < 4.78 is 58.5. The molecular formula is C16H23F2N3O3S. The molecule has 1 N–H and O–H groups in total. The van der Waals surface area contributed by atoms with E-state index in [9.17, 15) is 17.2 Å². The van der Waals surface area contributed by atoms with Gasteiger partial charge in [0.2, 0.25) is 0 Å². The van der Waals surface area contributed by atoms with Gasteiger partial charge in [-0.05, 0) is 19.4 Å². The SMILES string of the molecule is CC[C@@H](NS(=O)(=O)N(CC)C[C@H](C)C#N)c1ccccc1OC(F)F. The standard InChI is InChI=1S/C16H23F2N3O3S/c1-4-14(13-8-6-7-9-15(13)24-16(17)18)20-25(22,23)21(5-2)11-12(3)10-19/h6-9,12,14,16,20H,4-5,11H2,1-3H3/t12-,14-/m1/s1. The number of benzene rings is 1. The van der Waals surface area contributed by atoms with E-state index >= 15 is 0 Å². The predicted molar refractivity (Wildman–Crippen MR) is 90.2 cm³/mol. The van der Waals surface area contributed by atoms with E-state index in [0.717, 1.165) is 4.31 Å². The van der Waals surface area contributed by atoms with Gasteiger partial charge >= 0.3 is 6.61 Å². The van der Waals surface area contributed by atoms with Gasteiger partial charge in [-0.3, -0.25) is 0 Å². The monoisotopic (exact) mass is 375 g/mol. The van der Waals surface area contributed by atoms with Gasteiger partial charge in [0, 0.05) is 18.7 Å². The lowest BCUT2D eigenvalue weighted by atomic mass is 10.0. The molecule has 1 aromatic carbocycles. The van der Waals surface area contributed by atoms with Crippen LogP contribution in [0.4, 0.5) is 8.78 Å². The molecule has 0 aliphatic rings. The van der Waals surface area contributed by atoms with E-state index in [1.165, 1.54) is 12.1 Å². The number of nitriles is 1. The Bertz CT molecular complexity index is 692. The Balaban J connectivity index is 3.07. The number of hydrogen-bond acceptors (Lipinski definition) is 4. The second-order valence-electron chi connectivity index (χ2n) is 5.48. The molecule has 25 heavy (non-hydrogen) atoms. The van der Waals surface area contributed by atoms with Crippen molar-refractivity contribution in [3.8, 4) is 11.8 Å². The van der Waals surface area contributed by atoms with Gasteiger partial charge in [0.15, 0.2) is 0 Å². The molecule has 0 bridgehead atoms. The lowest BCUT2D eigenvalue weighted by Crippen LogP contribution is -2.44. The summed E-state index contributed by atoms with van der Waals surface area (Å²) in [7, 11) is -3.89. The molecule has 0 saturated heterocycles. The number of rotatable bonds is 10. The van der Waals surface area contributed by atoms with Crippen LogP contribution >= 0.6 is 0 Å². The molecule has 0 radical (unpaired) electrons. The first-order valence-electron chi connectivity index (χ1n) is 7.95. The summed E-state index contributed by atoms with van der Waals surface area (Å²) in [5.41, 5.74) is 0.332. The number of halogens is 2.